The van der Waals surface area contributed by atoms with Gasteiger partial charge in [0.25, 0.3) is 5.56 Å². The van der Waals surface area contributed by atoms with E-state index in [9.17, 15) is 14.9 Å². The Hall–Kier alpha value is -3.38. The van der Waals surface area contributed by atoms with Gasteiger partial charge in [0.05, 0.1) is 6.04 Å². The number of ether oxygens (including phenoxy) is 1. The predicted molar refractivity (Wildman–Crippen MR) is 135 cm³/mol. The summed E-state index contributed by atoms with van der Waals surface area (Å²) in [6.07, 6.45) is 4.67. The summed E-state index contributed by atoms with van der Waals surface area (Å²) in [6.45, 7) is 7.86. The SMILES string of the molecule is CCn1c(=C(C#N)C2=N[C@H]3CCC[C@H]3O2)sc(=CNc2cccc(NC(=O)C(C)(C)C)c2)c1=O. The molecule has 1 aromatic carbocycles. The topological polar surface area (TPSA) is 109 Å². The quantitative estimate of drug-likeness (QED) is 0.686. The average molecular weight is 480 g/mol. The zero-order valence-corrected chi connectivity index (χ0v) is 20.7. The van der Waals surface area contributed by atoms with E-state index in [0.717, 1.165) is 24.9 Å². The molecule has 1 aliphatic carbocycles. The monoisotopic (exact) mass is 479 g/mol. The summed E-state index contributed by atoms with van der Waals surface area (Å²) >= 11 is 1.24. The third kappa shape index (κ3) is 4.77. The molecule has 0 bridgehead atoms. The molecule has 1 amide bonds. The van der Waals surface area contributed by atoms with Crippen LogP contribution in [0.2, 0.25) is 0 Å². The van der Waals surface area contributed by atoms with Crippen LogP contribution >= 0.6 is 11.3 Å². The van der Waals surface area contributed by atoms with Crippen LogP contribution in [0.3, 0.4) is 0 Å². The molecular weight excluding hydrogens is 450 g/mol. The summed E-state index contributed by atoms with van der Waals surface area (Å²) in [4.78, 5) is 29.9. The van der Waals surface area contributed by atoms with Gasteiger partial charge in [-0.3, -0.25) is 14.2 Å². The Morgan fingerprint density at radius 3 is 2.79 bits per heavy atom. The van der Waals surface area contributed by atoms with Gasteiger partial charge in [0.1, 0.15) is 26.9 Å². The molecule has 1 saturated carbocycles. The van der Waals surface area contributed by atoms with Crippen LogP contribution in [-0.4, -0.2) is 28.5 Å². The number of hydrogen-bond acceptors (Lipinski definition) is 7. The maximum Gasteiger partial charge on any atom is 0.270 e. The van der Waals surface area contributed by atoms with E-state index >= 15 is 0 Å². The number of anilines is 2. The third-order valence-corrected chi connectivity index (χ3v) is 7.03. The fraction of sp³-hybridized carbons (Fsp3) is 0.440. The summed E-state index contributed by atoms with van der Waals surface area (Å²) in [5.41, 5.74) is 1.02. The second-order valence-electron chi connectivity index (χ2n) is 9.47. The molecule has 2 heterocycles. The van der Waals surface area contributed by atoms with E-state index in [1.807, 2.05) is 45.9 Å². The number of nitrogens with zero attached hydrogens (tertiary/aromatic N) is 3. The minimum absolute atomic E-state index is 0.0406. The van der Waals surface area contributed by atoms with Gasteiger partial charge in [-0.2, -0.15) is 5.26 Å². The van der Waals surface area contributed by atoms with Gasteiger partial charge in [-0.05, 0) is 44.4 Å². The number of aliphatic imine (C=N–C) groups is 1. The van der Waals surface area contributed by atoms with Gasteiger partial charge < -0.3 is 15.4 Å². The number of rotatable bonds is 5. The number of carbonyl (C=O) groups excluding carboxylic acids is 1. The summed E-state index contributed by atoms with van der Waals surface area (Å²) in [5, 5.41) is 15.9. The first-order chi connectivity index (χ1) is 16.2. The molecule has 4 rings (SSSR count). The molecule has 2 aromatic rings. The molecule has 178 valence electrons. The van der Waals surface area contributed by atoms with Crippen molar-refractivity contribution in [2.45, 2.75) is 65.6 Å². The van der Waals surface area contributed by atoms with E-state index in [4.69, 9.17) is 4.74 Å². The third-order valence-electron chi connectivity index (χ3n) is 5.90. The molecule has 0 spiro atoms. The fourth-order valence-corrected chi connectivity index (χ4v) is 5.05. The van der Waals surface area contributed by atoms with E-state index in [1.165, 1.54) is 11.3 Å². The predicted octanol–water partition coefficient (Wildman–Crippen LogP) is 2.79. The first-order valence-corrected chi connectivity index (χ1v) is 12.3. The fourth-order valence-electron chi connectivity index (χ4n) is 3.97. The minimum atomic E-state index is -0.505. The molecule has 0 saturated heterocycles. The Labute approximate surface area is 202 Å². The van der Waals surface area contributed by atoms with Gasteiger partial charge in [0.2, 0.25) is 11.8 Å². The highest BCUT2D eigenvalue weighted by Gasteiger charge is 2.36. The molecule has 8 nitrogen and oxygen atoms in total. The lowest BCUT2D eigenvalue weighted by Gasteiger charge is -2.18. The highest BCUT2D eigenvalue weighted by atomic mass is 32.1. The number of benzene rings is 1. The smallest absolute Gasteiger partial charge is 0.270 e. The van der Waals surface area contributed by atoms with Crippen LogP contribution in [0.1, 0.15) is 47.0 Å². The summed E-state index contributed by atoms with van der Waals surface area (Å²) < 4.78 is 8.56. The van der Waals surface area contributed by atoms with E-state index in [-0.39, 0.29) is 23.6 Å². The number of carbonyl (C=O) groups is 1. The first kappa shape index (κ1) is 23.8. The van der Waals surface area contributed by atoms with Gasteiger partial charge in [-0.25, -0.2) is 4.99 Å². The van der Waals surface area contributed by atoms with Crippen molar-refractivity contribution in [3.63, 3.8) is 0 Å². The lowest BCUT2D eigenvalue weighted by Crippen LogP contribution is -2.32. The zero-order valence-electron chi connectivity index (χ0n) is 19.8. The number of hydrogen-bond donors (Lipinski definition) is 2. The van der Waals surface area contributed by atoms with Gasteiger partial charge in [0, 0.05) is 29.5 Å². The second kappa shape index (κ2) is 9.47. The summed E-state index contributed by atoms with van der Waals surface area (Å²) in [6, 6.07) is 9.62. The van der Waals surface area contributed by atoms with Crippen molar-refractivity contribution in [1.82, 2.24) is 4.57 Å². The van der Waals surface area contributed by atoms with Crippen LogP contribution < -0.4 is 25.4 Å². The Balaban J connectivity index is 1.66. The van der Waals surface area contributed by atoms with Crippen molar-refractivity contribution in [1.29, 1.82) is 5.26 Å². The van der Waals surface area contributed by atoms with Crippen molar-refractivity contribution >= 4 is 46.3 Å². The van der Waals surface area contributed by atoms with E-state index in [1.54, 1.807) is 16.8 Å². The van der Waals surface area contributed by atoms with Crippen molar-refractivity contribution in [2.24, 2.45) is 10.4 Å². The molecule has 2 aliphatic rings. The van der Waals surface area contributed by atoms with E-state index in [2.05, 4.69) is 21.7 Å². The van der Waals surface area contributed by atoms with Gasteiger partial charge in [0.15, 0.2) is 0 Å². The molecular formula is C25H29N5O3S. The lowest BCUT2D eigenvalue weighted by atomic mass is 9.95. The normalized spacial score (nSPS) is 20.8. The molecule has 1 fully saturated rings. The molecule has 0 unspecified atom stereocenters. The first-order valence-electron chi connectivity index (χ1n) is 11.5. The zero-order chi connectivity index (χ0) is 24.5. The van der Waals surface area contributed by atoms with Crippen LogP contribution in [0.15, 0.2) is 34.1 Å². The molecule has 2 atom stereocenters. The molecule has 34 heavy (non-hydrogen) atoms. The number of nitriles is 1. The highest BCUT2D eigenvalue weighted by molar-refractivity contribution is 7.07. The van der Waals surface area contributed by atoms with Crippen molar-refractivity contribution in [3.8, 4) is 6.07 Å². The van der Waals surface area contributed by atoms with Gasteiger partial charge in [-0.1, -0.05) is 26.8 Å². The number of aromatic nitrogens is 1. The number of nitrogens with one attached hydrogen (secondary N) is 2. The number of thiazole rings is 1. The Morgan fingerprint density at radius 2 is 2.12 bits per heavy atom. The molecule has 0 radical (unpaired) electrons. The second-order valence-corrected chi connectivity index (χ2v) is 10.5. The molecule has 9 heteroatoms. The Morgan fingerprint density at radius 1 is 1.35 bits per heavy atom. The van der Waals surface area contributed by atoms with Crippen LogP contribution in [-0.2, 0) is 16.1 Å². The largest absolute Gasteiger partial charge is 0.471 e. The van der Waals surface area contributed by atoms with Crippen molar-refractivity contribution in [3.05, 3.63) is 43.8 Å². The van der Waals surface area contributed by atoms with Crippen LogP contribution in [0.5, 0.6) is 0 Å². The van der Waals surface area contributed by atoms with E-state index < -0.39 is 5.41 Å². The molecule has 2 N–H and O–H groups in total. The minimum Gasteiger partial charge on any atom is -0.471 e. The lowest BCUT2D eigenvalue weighted by molar-refractivity contribution is -0.123. The summed E-state index contributed by atoms with van der Waals surface area (Å²) in [7, 11) is 0. The van der Waals surface area contributed by atoms with Gasteiger partial charge >= 0.3 is 0 Å². The highest BCUT2D eigenvalue weighted by Crippen LogP contribution is 2.31. The Bertz CT molecular complexity index is 1360. The molecule has 1 aliphatic heterocycles. The van der Waals surface area contributed by atoms with Crippen LogP contribution in [0.25, 0.3) is 11.8 Å². The Kier molecular flexibility index (Phi) is 6.62. The number of fused-ring (bicyclic) bond motifs is 1. The van der Waals surface area contributed by atoms with Crippen LogP contribution in [0, 0.1) is 16.7 Å². The summed E-state index contributed by atoms with van der Waals surface area (Å²) in [5.74, 6) is 0.269. The van der Waals surface area contributed by atoms with Crippen molar-refractivity contribution < 1.29 is 9.53 Å². The molecule has 1 aromatic heterocycles. The van der Waals surface area contributed by atoms with Crippen LogP contribution in [0.4, 0.5) is 11.4 Å². The number of amides is 1. The maximum atomic E-state index is 13.0. The average Bonchev–Trinajstić information content (AvgIpc) is 3.47. The van der Waals surface area contributed by atoms with Crippen molar-refractivity contribution in [2.75, 3.05) is 10.6 Å². The van der Waals surface area contributed by atoms with Gasteiger partial charge in [-0.15, -0.1) is 11.3 Å². The van der Waals surface area contributed by atoms with E-state index in [0.29, 0.717) is 32.9 Å². The maximum absolute atomic E-state index is 13.0. The standard InChI is InChI=1S/C25H29N5O3S/c1-5-30-22(31)20(14-27-15-8-6-9-16(12-15)28-24(32)25(2,3)4)34-23(30)17(13-26)21-29-18-10-7-11-19(18)33-21/h6,8-9,12,14,18-19,27H,5,7,10-11H2,1-4H3,(H,28,32)/t18-,19+/m0/s1.